The molecule has 0 bridgehead atoms. The summed E-state index contributed by atoms with van der Waals surface area (Å²) >= 11 is 0. The first-order valence-corrected chi connectivity index (χ1v) is 4.36. The number of rotatable bonds is 2. The van der Waals surface area contributed by atoms with Crippen molar-refractivity contribution in [3.63, 3.8) is 0 Å². The van der Waals surface area contributed by atoms with Gasteiger partial charge in [-0.25, -0.2) is 4.79 Å². The van der Waals surface area contributed by atoms with Crippen molar-refractivity contribution in [2.24, 2.45) is 4.99 Å². The highest BCUT2D eigenvalue weighted by Crippen LogP contribution is 2.34. The summed E-state index contributed by atoms with van der Waals surface area (Å²) < 4.78 is 4.79. The zero-order valence-corrected chi connectivity index (χ0v) is 8.79. The first-order valence-electron chi connectivity index (χ1n) is 4.36. The second-order valence-electron chi connectivity index (χ2n) is 3.19. The number of isocyanates is 1. The number of ether oxygens (including phenoxy) is 1. The third-order valence-corrected chi connectivity index (χ3v) is 2.39. The molecule has 15 heavy (non-hydrogen) atoms. The van der Waals surface area contributed by atoms with Crippen LogP contribution in [0.15, 0.2) is 11.1 Å². The highest BCUT2D eigenvalue weighted by molar-refractivity contribution is 5.64. The molecular weight excluding hydrogens is 192 g/mol. The predicted octanol–water partition coefficient (Wildman–Crippen LogP) is 2.44. The summed E-state index contributed by atoms with van der Waals surface area (Å²) in [5.41, 5.74) is 3.16. The summed E-state index contributed by atoms with van der Waals surface area (Å²) in [5.74, 6) is 0.323. The van der Waals surface area contributed by atoms with Gasteiger partial charge in [-0.2, -0.15) is 4.99 Å². The summed E-state index contributed by atoms with van der Waals surface area (Å²) in [6, 6.07) is 1.69. The number of hydrogen-bond acceptors (Lipinski definition) is 4. The van der Waals surface area contributed by atoms with Gasteiger partial charge in [-0.3, -0.25) is 0 Å². The van der Waals surface area contributed by atoms with Crippen LogP contribution >= 0.6 is 0 Å². The predicted molar refractivity (Wildman–Crippen MR) is 54.7 cm³/mol. The lowest BCUT2D eigenvalue weighted by molar-refractivity contribution is 0.503. The van der Waals surface area contributed by atoms with Gasteiger partial charge in [-0.1, -0.05) is 0 Å². The summed E-state index contributed by atoms with van der Waals surface area (Å²) in [5, 5.41) is 8.48. The number of aryl methyl sites for hydroxylation is 1. The zero-order valence-electron chi connectivity index (χ0n) is 8.79. The van der Waals surface area contributed by atoms with Crippen LogP contribution in [0.5, 0.6) is 5.75 Å². The molecule has 0 aliphatic heterocycles. The normalized spacial score (nSPS) is 8.93. The minimum atomic E-state index is 0.323. The molecule has 1 rings (SSSR count). The van der Waals surface area contributed by atoms with Crippen LogP contribution < -0.4 is 4.74 Å². The third-order valence-electron chi connectivity index (χ3n) is 2.39. The van der Waals surface area contributed by atoms with Crippen LogP contribution in [0.1, 0.15) is 16.7 Å². The van der Waals surface area contributed by atoms with Crippen LogP contribution in [0, 0.1) is 32.3 Å². The largest absolute Gasteiger partial charge is 0.385 e. The van der Waals surface area contributed by atoms with Crippen LogP contribution in [-0.4, -0.2) is 6.08 Å². The first-order chi connectivity index (χ1) is 7.11. The molecule has 0 amide bonds. The second kappa shape index (κ2) is 4.41. The standard InChI is InChI=1S/C11H10N2O2/c1-7-4-10(13-6-14)11(15-5-12)9(3)8(7)2/h4H,1-3H3. The SMILES string of the molecule is Cc1cc(N=C=O)c(OC#N)c(C)c1C. The van der Waals surface area contributed by atoms with E-state index in [0.29, 0.717) is 11.4 Å². The molecule has 0 saturated carbocycles. The molecule has 0 spiro atoms. The van der Waals surface area contributed by atoms with Crippen LogP contribution in [0.4, 0.5) is 5.69 Å². The third kappa shape index (κ3) is 2.04. The fourth-order valence-corrected chi connectivity index (χ4v) is 1.34. The lowest BCUT2D eigenvalue weighted by Gasteiger charge is -2.10. The molecule has 0 unspecified atom stereocenters. The maximum absolute atomic E-state index is 10.2. The molecule has 0 heterocycles. The molecule has 0 aromatic heterocycles. The van der Waals surface area contributed by atoms with Crippen LogP contribution in [0.3, 0.4) is 0 Å². The molecule has 0 aliphatic carbocycles. The van der Waals surface area contributed by atoms with E-state index in [0.717, 1.165) is 16.7 Å². The number of benzene rings is 1. The van der Waals surface area contributed by atoms with Crippen LogP contribution in [0.25, 0.3) is 0 Å². The summed E-state index contributed by atoms with van der Waals surface area (Å²) in [6.07, 6.45) is 3.02. The maximum Gasteiger partial charge on any atom is 0.292 e. The molecule has 0 aliphatic rings. The Bertz CT molecular complexity index is 480. The van der Waals surface area contributed by atoms with Gasteiger partial charge in [0.2, 0.25) is 6.08 Å². The Labute approximate surface area is 87.8 Å². The van der Waals surface area contributed by atoms with Gasteiger partial charge in [0.15, 0.2) is 5.75 Å². The van der Waals surface area contributed by atoms with Crippen molar-refractivity contribution < 1.29 is 9.53 Å². The van der Waals surface area contributed by atoms with E-state index in [-0.39, 0.29) is 0 Å². The second-order valence-corrected chi connectivity index (χ2v) is 3.19. The summed E-state index contributed by atoms with van der Waals surface area (Å²) in [4.78, 5) is 13.7. The van der Waals surface area contributed by atoms with Crippen molar-refractivity contribution in [2.45, 2.75) is 20.8 Å². The molecule has 76 valence electrons. The van der Waals surface area contributed by atoms with E-state index in [4.69, 9.17) is 10.00 Å². The van der Waals surface area contributed by atoms with Crippen molar-refractivity contribution in [1.82, 2.24) is 0 Å². The van der Waals surface area contributed by atoms with Crippen molar-refractivity contribution in [1.29, 1.82) is 5.26 Å². The molecule has 0 atom stereocenters. The average Bonchev–Trinajstić information content (AvgIpc) is 2.21. The molecule has 1 aromatic carbocycles. The van der Waals surface area contributed by atoms with E-state index < -0.39 is 0 Å². The van der Waals surface area contributed by atoms with Gasteiger partial charge >= 0.3 is 0 Å². The average molecular weight is 202 g/mol. The number of carbonyl (C=O) groups excluding carboxylic acids is 1. The highest BCUT2D eigenvalue weighted by atomic mass is 16.5. The number of hydrogen-bond donors (Lipinski definition) is 0. The molecule has 0 N–H and O–H groups in total. The fourth-order valence-electron chi connectivity index (χ4n) is 1.34. The quantitative estimate of drug-likeness (QED) is 0.420. The molecule has 0 saturated heterocycles. The van der Waals surface area contributed by atoms with Crippen LogP contribution in [-0.2, 0) is 4.79 Å². The minimum Gasteiger partial charge on any atom is -0.385 e. The molecule has 4 heteroatoms. The van der Waals surface area contributed by atoms with E-state index in [1.165, 1.54) is 6.08 Å². The number of nitriles is 1. The van der Waals surface area contributed by atoms with E-state index in [2.05, 4.69) is 4.99 Å². The highest BCUT2D eigenvalue weighted by Gasteiger charge is 2.11. The Morgan fingerprint density at radius 3 is 2.53 bits per heavy atom. The summed E-state index contributed by atoms with van der Waals surface area (Å²) in [6.45, 7) is 5.64. The van der Waals surface area contributed by atoms with E-state index in [1.54, 1.807) is 12.3 Å². The van der Waals surface area contributed by atoms with E-state index in [1.807, 2.05) is 20.8 Å². The van der Waals surface area contributed by atoms with Gasteiger partial charge in [-0.05, 0) is 43.5 Å². The van der Waals surface area contributed by atoms with Gasteiger partial charge in [0.25, 0.3) is 6.26 Å². The monoisotopic (exact) mass is 202 g/mol. The molecule has 1 aromatic rings. The maximum atomic E-state index is 10.2. The Morgan fingerprint density at radius 1 is 1.33 bits per heavy atom. The molecule has 0 radical (unpaired) electrons. The molecule has 4 nitrogen and oxygen atoms in total. The van der Waals surface area contributed by atoms with Gasteiger partial charge in [-0.15, -0.1) is 5.26 Å². The Morgan fingerprint density at radius 2 is 2.00 bits per heavy atom. The number of nitrogens with zero attached hydrogens (tertiary/aromatic N) is 2. The smallest absolute Gasteiger partial charge is 0.292 e. The minimum absolute atomic E-state index is 0.323. The van der Waals surface area contributed by atoms with Crippen molar-refractivity contribution in [2.75, 3.05) is 0 Å². The topological polar surface area (TPSA) is 62.4 Å². The Hall–Kier alpha value is -2.11. The lowest BCUT2D eigenvalue weighted by Crippen LogP contribution is -1.93. The van der Waals surface area contributed by atoms with Crippen molar-refractivity contribution in [3.8, 4) is 12.0 Å². The van der Waals surface area contributed by atoms with Gasteiger partial charge in [0, 0.05) is 0 Å². The number of aliphatic imine (C=N–C) groups is 1. The molecule has 0 fully saturated rings. The van der Waals surface area contributed by atoms with E-state index in [9.17, 15) is 4.79 Å². The van der Waals surface area contributed by atoms with Gasteiger partial charge in [0.1, 0.15) is 5.69 Å². The summed E-state index contributed by atoms with van der Waals surface area (Å²) in [7, 11) is 0. The zero-order chi connectivity index (χ0) is 11.4. The Balaban J connectivity index is 3.51. The van der Waals surface area contributed by atoms with Crippen molar-refractivity contribution in [3.05, 3.63) is 22.8 Å². The first kappa shape index (κ1) is 11.0. The van der Waals surface area contributed by atoms with E-state index >= 15 is 0 Å². The molecular formula is C11H10N2O2. The van der Waals surface area contributed by atoms with Gasteiger partial charge < -0.3 is 4.74 Å². The fraction of sp³-hybridized carbons (Fsp3) is 0.273. The lowest BCUT2D eigenvalue weighted by atomic mass is 10.0. The Kier molecular flexibility index (Phi) is 3.22. The van der Waals surface area contributed by atoms with Crippen molar-refractivity contribution >= 4 is 11.8 Å². The van der Waals surface area contributed by atoms with Crippen LogP contribution in [0.2, 0.25) is 0 Å². The van der Waals surface area contributed by atoms with Gasteiger partial charge in [0.05, 0.1) is 0 Å².